The summed E-state index contributed by atoms with van der Waals surface area (Å²) in [6, 6.07) is 0.0208. The van der Waals surface area contributed by atoms with Gasteiger partial charge in [0.1, 0.15) is 10.6 Å². The van der Waals surface area contributed by atoms with Crippen molar-refractivity contribution in [2.45, 2.75) is 30.8 Å². The Hall–Kier alpha value is -1.54. The number of nitrogens with two attached hydrogens (primary N) is 1. The maximum absolute atomic E-state index is 11.5. The molecule has 1 saturated heterocycles. The van der Waals surface area contributed by atoms with E-state index in [4.69, 9.17) is 10.7 Å². The molecule has 4 rings (SSSR count). The number of carbonyl (C=O) groups is 1. The highest BCUT2D eigenvalue weighted by molar-refractivity contribution is 7.99. The molecule has 1 aliphatic heterocycles. The molecular formula is C15H19N5OS2. The van der Waals surface area contributed by atoms with Crippen LogP contribution in [0.3, 0.4) is 0 Å². The molecule has 1 aliphatic carbocycles. The average Bonchev–Trinajstić information content (AvgIpc) is 3.11. The predicted molar refractivity (Wildman–Crippen MR) is 94.2 cm³/mol. The number of fused-ring (bicyclic) bond motifs is 3. The molecule has 0 unspecified atom stereocenters. The third-order valence-electron chi connectivity index (χ3n) is 4.36. The van der Waals surface area contributed by atoms with E-state index < -0.39 is 0 Å². The molecule has 0 atom stereocenters. The molecule has 2 aliphatic rings. The van der Waals surface area contributed by atoms with Gasteiger partial charge in [-0.05, 0) is 31.2 Å². The van der Waals surface area contributed by atoms with Gasteiger partial charge >= 0.3 is 6.03 Å². The summed E-state index contributed by atoms with van der Waals surface area (Å²) in [5, 5.41) is 4.60. The maximum atomic E-state index is 11.5. The first-order valence-corrected chi connectivity index (χ1v) is 9.76. The summed E-state index contributed by atoms with van der Waals surface area (Å²) in [5.41, 5.74) is 7.58. The molecule has 0 aromatic carbocycles. The van der Waals surface area contributed by atoms with Gasteiger partial charge in [0, 0.05) is 30.3 Å². The molecule has 23 heavy (non-hydrogen) atoms. The van der Waals surface area contributed by atoms with Crippen LogP contribution in [0, 0.1) is 0 Å². The molecule has 3 heterocycles. The molecule has 0 spiro atoms. The lowest BCUT2D eigenvalue weighted by atomic mass is 9.97. The average molecular weight is 349 g/mol. The second-order valence-corrected chi connectivity index (χ2v) is 8.00. The zero-order chi connectivity index (χ0) is 15.8. The van der Waals surface area contributed by atoms with Gasteiger partial charge in [-0.25, -0.2) is 14.8 Å². The highest BCUT2D eigenvalue weighted by Gasteiger charge is 2.21. The number of hydrogen-bond donors (Lipinski definition) is 2. The van der Waals surface area contributed by atoms with Crippen molar-refractivity contribution < 1.29 is 4.79 Å². The van der Waals surface area contributed by atoms with E-state index in [2.05, 4.69) is 10.3 Å². The minimum absolute atomic E-state index is 0.0208. The number of thioether (sulfide) groups is 1. The molecule has 2 aromatic rings. The molecule has 0 bridgehead atoms. The Morgan fingerprint density at radius 3 is 3.00 bits per heavy atom. The van der Waals surface area contributed by atoms with Gasteiger partial charge in [0.15, 0.2) is 5.16 Å². The number of hydrogen-bond acceptors (Lipinski definition) is 6. The Morgan fingerprint density at radius 1 is 1.30 bits per heavy atom. The van der Waals surface area contributed by atoms with Crippen molar-refractivity contribution in [1.82, 2.24) is 20.2 Å². The number of aryl methyl sites for hydroxylation is 2. The summed E-state index contributed by atoms with van der Waals surface area (Å²) in [4.78, 5) is 25.0. The molecule has 3 N–H and O–H groups in total. The molecule has 2 amide bonds. The largest absolute Gasteiger partial charge is 0.383 e. The first-order chi connectivity index (χ1) is 11.2. The van der Waals surface area contributed by atoms with Crippen molar-refractivity contribution in [2.24, 2.45) is 0 Å². The van der Waals surface area contributed by atoms with E-state index in [0.29, 0.717) is 17.5 Å². The summed E-state index contributed by atoms with van der Waals surface area (Å²) < 4.78 is 0. The van der Waals surface area contributed by atoms with Crippen LogP contribution in [-0.2, 0) is 12.8 Å². The van der Waals surface area contributed by atoms with E-state index in [0.717, 1.165) is 41.9 Å². The molecular weight excluding hydrogens is 330 g/mol. The van der Waals surface area contributed by atoms with E-state index in [-0.39, 0.29) is 6.03 Å². The number of rotatable bonds is 4. The van der Waals surface area contributed by atoms with Crippen molar-refractivity contribution in [3.05, 3.63) is 10.4 Å². The number of carbonyl (C=O) groups excluding carboxylic acids is 1. The number of nitrogen functional groups attached to an aromatic ring is 1. The summed E-state index contributed by atoms with van der Waals surface area (Å²) in [5.74, 6) is 1.39. The monoisotopic (exact) mass is 349 g/mol. The normalized spacial score (nSPS) is 17.6. The van der Waals surface area contributed by atoms with Gasteiger partial charge in [0.2, 0.25) is 0 Å². The van der Waals surface area contributed by atoms with Crippen LogP contribution in [0.25, 0.3) is 10.2 Å². The number of aromatic nitrogens is 2. The van der Waals surface area contributed by atoms with Crippen molar-refractivity contribution in [3.63, 3.8) is 0 Å². The van der Waals surface area contributed by atoms with E-state index in [1.54, 1.807) is 23.1 Å². The van der Waals surface area contributed by atoms with Crippen LogP contribution >= 0.6 is 23.1 Å². The van der Waals surface area contributed by atoms with Crippen molar-refractivity contribution in [1.29, 1.82) is 0 Å². The zero-order valence-electron chi connectivity index (χ0n) is 12.8. The number of anilines is 1. The van der Waals surface area contributed by atoms with Gasteiger partial charge in [-0.3, -0.25) is 0 Å². The Balaban J connectivity index is 1.51. The van der Waals surface area contributed by atoms with E-state index in [9.17, 15) is 4.79 Å². The Bertz CT molecular complexity index is 760. The highest BCUT2D eigenvalue weighted by Crippen LogP contribution is 2.38. The zero-order valence-corrected chi connectivity index (χ0v) is 14.4. The van der Waals surface area contributed by atoms with Crippen LogP contribution < -0.4 is 11.1 Å². The highest BCUT2D eigenvalue weighted by atomic mass is 32.2. The van der Waals surface area contributed by atoms with Crippen LogP contribution in [0.1, 0.15) is 23.3 Å². The molecule has 8 heteroatoms. The van der Waals surface area contributed by atoms with Crippen LogP contribution in [0.2, 0.25) is 0 Å². The lowest BCUT2D eigenvalue weighted by Crippen LogP contribution is -2.30. The van der Waals surface area contributed by atoms with Crippen LogP contribution in [0.15, 0.2) is 5.16 Å². The summed E-state index contributed by atoms with van der Waals surface area (Å²) in [6.07, 6.45) is 4.72. The first-order valence-electron chi connectivity index (χ1n) is 7.95. The van der Waals surface area contributed by atoms with Gasteiger partial charge < -0.3 is 16.0 Å². The maximum Gasteiger partial charge on any atom is 0.317 e. The van der Waals surface area contributed by atoms with Gasteiger partial charge in [0.25, 0.3) is 0 Å². The van der Waals surface area contributed by atoms with Crippen molar-refractivity contribution in [3.8, 4) is 0 Å². The minimum Gasteiger partial charge on any atom is -0.383 e. The number of nitrogens with one attached hydrogen (secondary N) is 1. The molecule has 1 fully saturated rings. The topological polar surface area (TPSA) is 84.1 Å². The lowest BCUT2D eigenvalue weighted by Gasteiger charge is -2.13. The third-order valence-corrected chi connectivity index (χ3v) is 6.37. The van der Waals surface area contributed by atoms with Gasteiger partial charge in [-0.1, -0.05) is 11.8 Å². The van der Waals surface area contributed by atoms with Crippen LogP contribution in [0.5, 0.6) is 0 Å². The van der Waals surface area contributed by atoms with E-state index in [1.165, 1.54) is 23.3 Å². The second kappa shape index (κ2) is 6.16. The van der Waals surface area contributed by atoms with E-state index >= 15 is 0 Å². The Morgan fingerprint density at radius 2 is 2.17 bits per heavy atom. The fourth-order valence-electron chi connectivity index (χ4n) is 3.20. The minimum atomic E-state index is 0.0208. The molecule has 2 aromatic heterocycles. The van der Waals surface area contributed by atoms with Gasteiger partial charge in [-0.2, -0.15) is 0 Å². The SMILES string of the molecule is Nc1nc(SCCN2CCNC2=O)nc2sc3c(c12)CCCC3. The number of amides is 2. The first kappa shape index (κ1) is 15.0. The fraction of sp³-hybridized carbons (Fsp3) is 0.533. The smallest absolute Gasteiger partial charge is 0.317 e. The quantitative estimate of drug-likeness (QED) is 0.653. The Labute approximate surface area is 142 Å². The molecule has 6 nitrogen and oxygen atoms in total. The van der Waals surface area contributed by atoms with Crippen LogP contribution in [0.4, 0.5) is 10.6 Å². The van der Waals surface area contributed by atoms with Crippen LogP contribution in [-0.4, -0.2) is 46.3 Å². The number of nitrogens with zero attached hydrogens (tertiary/aromatic N) is 3. The standard InChI is InChI=1S/C15H19N5OS2/c16-12-11-9-3-1-2-4-10(9)23-13(11)19-14(18-12)22-8-7-20-6-5-17-15(20)21/h1-8H2,(H,17,21)(H2,16,18,19). The summed E-state index contributed by atoms with van der Waals surface area (Å²) in [7, 11) is 0. The molecule has 0 saturated carbocycles. The number of urea groups is 1. The lowest BCUT2D eigenvalue weighted by molar-refractivity contribution is 0.220. The van der Waals surface area contributed by atoms with E-state index in [1.807, 2.05) is 4.90 Å². The molecule has 122 valence electrons. The van der Waals surface area contributed by atoms with Crippen molar-refractivity contribution >= 4 is 45.2 Å². The number of thiophene rings is 1. The fourth-order valence-corrected chi connectivity index (χ4v) is 5.34. The summed E-state index contributed by atoms with van der Waals surface area (Å²) >= 11 is 3.34. The molecule has 0 radical (unpaired) electrons. The Kier molecular flexibility index (Phi) is 4.02. The van der Waals surface area contributed by atoms with Gasteiger partial charge in [-0.15, -0.1) is 11.3 Å². The second-order valence-electron chi connectivity index (χ2n) is 5.85. The van der Waals surface area contributed by atoms with Crippen molar-refractivity contribution in [2.75, 3.05) is 31.1 Å². The van der Waals surface area contributed by atoms with Gasteiger partial charge in [0.05, 0.1) is 5.39 Å². The summed E-state index contributed by atoms with van der Waals surface area (Å²) in [6.45, 7) is 2.22. The predicted octanol–water partition coefficient (Wildman–Crippen LogP) is 2.27. The third kappa shape index (κ3) is 2.85.